The normalized spacial score (nSPS) is 22.1. The molecular formula is C41H68O4S4. The molecule has 49 heavy (non-hydrogen) atoms. The fourth-order valence-corrected chi connectivity index (χ4v) is 9.65. The molecule has 4 nitrogen and oxygen atoms in total. The van der Waals surface area contributed by atoms with Crippen LogP contribution in [0.4, 0.5) is 0 Å². The Balaban J connectivity index is 1.42. The van der Waals surface area contributed by atoms with Crippen LogP contribution in [-0.4, -0.2) is 46.6 Å². The van der Waals surface area contributed by atoms with Crippen LogP contribution in [0.25, 0.3) is 0 Å². The quantitative estimate of drug-likeness (QED) is 0.114. The van der Waals surface area contributed by atoms with Crippen molar-refractivity contribution >= 4 is 69.1 Å². The van der Waals surface area contributed by atoms with E-state index in [0.29, 0.717) is 68.3 Å². The van der Waals surface area contributed by atoms with Crippen LogP contribution >= 0.6 is 48.9 Å². The highest BCUT2D eigenvalue weighted by atomic mass is 32.1. The molecule has 280 valence electrons. The predicted molar refractivity (Wildman–Crippen MR) is 220 cm³/mol. The van der Waals surface area contributed by atoms with E-state index >= 15 is 0 Å². The summed E-state index contributed by atoms with van der Waals surface area (Å²) in [6.07, 6.45) is 28.2. The molecule has 8 heteroatoms. The predicted octanol–water partition coefficient (Wildman–Crippen LogP) is 12.8. The van der Waals surface area contributed by atoms with Crippen molar-refractivity contribution in [3.8, 4) is 0 Å². The van der Waals surface area contributed by atoms with Gasteiger partial charge in [-0.25, -0.2) is 0 Å². The van der Waals surface area contributed by atoms with Gasteiger partial charge in [-0.1, -0.05) is 79.1 Å². The van der Waals surface area contributed by atoms with Crippen molar-refractivity contribution in [2.24, 2.45) is 27.1 Å². The molecule has 0 aromatic heterocycles. The first kappa shape index (κ1) is 41.3. The van der Waals surface area contributed by atoms with E-state index in [-0.39, 0.29) is 0 Å². The maximum Gasteiger partial charge on any atom is 0.159 e. The van der Waals surface area contributed by atoms with Gasteiger partial charge in [0.2, 0.25) is 0 Å². The summed E-state index contributed by atoms with van der Waals surface area (Å²) in [6, 6.07) is 0. The summed E-state index contributed by atoms with van der Waals surface area (Å²) in [5.41, 5.74) is 0.808. The minimum Gasteiger partial charge on any atom is -0.486 e. The topological polar surface area (TPSA) is 36.9 Å². The van der Waals surface area contributed by atoms with Gasteiger partial charge in [0.1, 0.15) is 31.8 Å². The van der Waals surface area contributed by atoms with Gasteiger partial charge in [-0.3, -0.25) is 0 Å². The Morgan fingerprint density at radius 3 is 0.755 bits per heavy atom. The van der Waals surface area contributed by atoms with E-state index in [1.807, 2.05) is 0 Å². The molecule has 0 spiro atoms. The Hall–Kier alpha value is -0.440. The third-order valence-electron chi connectivity index (χ3n) is 13.1. The van der Waals surface area contributed by atoms with E-state index < -0.39 is 5.41 Å². The summed E-state index contributed by atoms with van der Waals surface area (Å²) in [6.45, 7) is 10.9. The average Bonchev–Trinajstić information content (AvgIpc) is 3.91. The van der Waals surface area contributed by atoms with Crippen LogP contribution in [-0.2, 0) is 18.9 Å². The van der Waals surface area contributed by atoms with Gasteiger partial charge in [0, 0.05) is 25.7 Å². The molecule has 0 bridgehead atoms. The summed E-state index contributed by atoms with van der Waals surface area (Å²) >= 11 is 23.3. The molecule has 0 aromatic carbocycles. The highest BCUT2D eigenvalue weighted by molar-refractivity contribution is 7.80. The first-order valence-corrected chi connectivity index (χ1v) is 21.5. The number of thiocarbonyl (C=S) groups is 4. The SMILES string of the molecule is CC1(CCC(=S)OCC(COC(=S)CCC2(C)CCCC2)(COC(=S)CCC2(C)CCCC2)COC(=S)CCC2(C)CCCC2)CCCC1. The van der Waals surface area contributed by atoms with Crippen LogP contribution in [0.5, 0.6) is 0 Å². The lowest BCUT2D eigenvalue weighted by Crippen LogP contribution is -2.43. The Morgan fingerprint density at radius 2 is 0.571 bits per heavy atom. The van der Waals surface area contributed by atoms with E-state index in [1.165, 1.54) is 103 Å². The molecule has 4 saturated carbocycles. The Kier molecular flexibility index (Phi) is 16.1. The largest absolute Gasteiger partial charge is 0.486 e. The van der Waals surface area contributed by atoms with Crippen molar-refractivity contribution in [2.75, 3.05) is 26.4 Å². The van der Waals surface area contributed by atoms with Crippen molar-refractivity contribution < 1.29 is 18.9 Å². The van der Waals surface area contributed by atoms with Gasteiger partial charge in [0.25, 0.3) is 0 Å². The lowest BCUT2D eigenvalue weighted by atomic mass is 9.84. The van der Waals surface area contributed by atoms with Gasteiger partial charge in [-0.2, -0.15) is 0 Å². The van der Waals surface area contributed by atoms with Crippen LogP contribution in [0, 0.1) is 27.1 Å². The Bertz CT molecular complexity index is 921. The number of hydrogen-bond donors (Lipinski definition) is 0. The minimum atomic E-state index is -0.661. The molecule has 0 aromatic rings. The molecular weight excluding hydrogens is 685 g/mol. The van der Waals surface area contributed by atoms with Crippen molar-refractivity contribution in [3.63, 3.8) is 0 Å². The maximum absolute atomic E-state index is 6.44. The Labute approximate surface area is 321 Å². The lowest BCUT2D eigenvalue weighted by Gasteiger charge is -2.34. The molecule has 0 atom stereocenters. The summed E-state index contributed by atoms with van der Waals surface area (Å²) in [7, 11) is 0. The van der Waals surface area contributed by atoms with Gasteiger partial charge in [0.05, 0.1) is 0 Å². The third-order valence-corrected chi connectivity index (χ3v) is 14.4. The molecule has 0 amide bonds. The average molecular weight is 753 g/mol. The highest BCUT2D eigenvalue weighted by Crippen LogP contribution is 2.44. The molecule has 0 N–H and O–H groups in total. The van der Waals surface area contributed by atoms with E-state index in [1.54, 1.807) is 0 Å². The minimum absolute atomic E-state index is 0.323. The van der Waals surface area contributed by atoms with Crippen molar-refractivity contribution in [3.05, 3.63) is 0 Å². The fourth-order valence-electron chi connectivity index (χ4n) is 9.00. The van der Waals surface area contributed by atoms with E-state index in [9.17, 15) is 0 Å². The van der Waals surface area contributed by atoms with Crippen LogP contribution < -0.4 is 0 Å². The molecule has 4 aliphatic carbocycles. The number of rotatable bonds is 20. The molecule has 0 radical (unpaired) electrons. The van der Waals surface area contributed by atoms with E-state index in [4.69, 9.17) is 67.8 Å². The molecule has 4 fully saturated rings. The molecule has 0 unspecified atom stereocenters. The lowest BCUT2D eigenvalue weighted by molar-refractivity contribution is -0.0169. The monoisotopic (exact) mass is 752 g/mol. The number of ether oxygens (including phenoxy) is 4. The van der Waals surface area contributed by atoms with Gasteiger partial charge in [0.15, 0.2) is 20.2 Å². The van der Waals surface area contributed by atoms with Gasteiger partial charge in [-0.15, -0.1) is 0 Å². The first-order valence-electron chi connectivity index (χ1n) is 19.9. The molecule has 4 aliphatic rings. The van der Waals surface area contributed by atoms with E-state index in [0.717, 1.165) is 51.4 Å². The van der Waals surface area contributed by atoms with Gasteiger partial charge >= 0.3 is 0 Å². The summed E-state index contributed by atoms with van der Waals surface area (Å²) in [4.78, 5) is 0. The summed E-state index contributed by atoms with van der Waals surface area (Å²) < 4.78 is 25.8. The van der Waals surface area contributed by atoms with Crippen molar-refractivity contribution in [1.82, 2.24) is 0 Å². The van der Waals surface area contributed by atoms with Crippen molar-refractivity contribution in [2.45, 2.75) is 182 Å². The smallest absolute Gasteiger partial charge is 0.159 e. The van der Waals surface area contributed by atoms with Gasteiger partial charge in [-0.05, 0) is 148 Å². The van der Waals surface area contributed by atoms with Crippen LogP contribution in [0.15, 0.2) is 0 Å². The zero-order valence-corrected chi connectivity index (χ0v) is 34.8. The molecule has 0 saturated heterocycles. The van der Waals surface area contributed by atoms with Crippen molar-refractivity contribution in [1.29, 1.82) is 0 Å². The second-order valence-corrected chi connectivity index (χ2v) is 20.0. The number of hydrogen-bond acceptors (Lipinski definition) is 8. The standard InChI is InChI=1S/C41H68O4S4/c1-37(17-5-6-18-37)25-13-33(46)42-29-41(30-43-34(47)14-26-38(2)19-7-8-20-38,31-44-35(48)15-27-39(3)21-9-10-22-39)32-45-36(49)16-28-40(4)23-11-12-24-40/h5-32H2,1-4H3. The van der Waals surface area contributed by atoms with Crippen LogP contribution in [0.1, 0.15) is 182 Å². The van der Waals surface area contributed by atoms with Crippen LogP contribution in [0.2, 0.25) is 0 Å². The second-order valence-electron chi connectivity index (χ2n) is 18.2. The zero-order valence-electron chi connectivity index (χ0n) is 31.6. The van der Waals surface area contributed by atoms with E-state index in [2.05, 4.69) is 27.7 Å². The summed E-state index contributed by atoms with van der Waals surface area (Å²) in [5.74, 6) is 0. The second kappa shape index (κ2) is 19.1. The first-order chi connectivity index (χ1) is 23.2. The third kappa shape index (κ3) is 14.1. The summed E-state index contributed by atoms with van der Waals surface area (Å²) in [5, 5.41) is 2.62. The zero-order chi connectivity index (χ0) is 35.4. The van der Waals surface area contributed by atoms with Crippen LogP contribution in [0.3, 0.4) is 0 Å². The maximum atomic E-state index is 6.44. The van der Waals surface area contributed by atoms with Gasteiger partial charge < -0.3 is 18.9 Å². The highest BCUT2D eigenvalue weighted by Gasteiger charge is 2.38. The molecule has 0 heterocycles. The fraction of sp³-hybridized carbons (Fsp3) is 0.902. The molecule has 0 aliphatic heterocycles. The Morgan fingerprint density at radius 1 is 0.388 bits per heavy atom. The molecule has 4 rings (SSSR count).